The van der Waals surface area contributed by atoms with Crippen LogP contribution in [0.25, 0.3) is 27.9 Å². The zero-order chi connectivity index (χ0) is 24.1. The molecule has 9 heteroatoms. The van der Waals surface area contributed by atoms with Gasteiger partial charge in [-0.2, -0.15) is 5.10 Å². The summed E-state index contributed by atoms with van der Waals surface area (Å²) in [6, 6.07) is 4.45. The number of aryl methyl sites for hydroxylation is 1. The minimum Gasteiger partial charge on any atom is -0.369 e. The summed E-state index contributed by atoms with van der Waals surface area (Å²) in [6.07, 6.45) is 3.65. The van der Waals surface area contributed by atoms with E-state index in [1.807, 2.05) is 4.52 Å². The van der Waals surface area contributed by atoms with E-state index in [4.69, 9.17) is 10.7 Å². The van der Waals surface area contributed by atoms with E-state index in [9.17, 15) is 4.79 Å². The van der Waals surface area contributed by atoms with Crippen LogP contribution in [-0.2, 0) is 4.79 Å². The molecule has 0 spiro atoms. The van der Waals surface area contributed by atoms with Gasteiger partial charge in [-0.1, -0.05) is 13.8 Å². The van der Waals surface area contributed by atoms with Crippen LogP contribution in [0.15, 0.2) is 24.7 Å². The van der Waals surface area contributed by atoms with E-state index in [1.54, 1.807) is 6.33 Å². The molecular weight excluding hydrogens is 428 g/mol. The Kier molecular flexibility index (Phi) is 5.51. The largest absolute Gasteiger partial charge is 0.369 e. The SMILES string of the molecule is Cc1c(-c2[nH]c3ccc(N4CCN(CC(N)=O)C[C@@H]4C)nc3c2C(C)C)cn2ncnc2c1C. The van der Waals surface area contributed by atoms with Crippen LogP contribution in [0.4, 0.5) is 5.82 Å². The highest BCUT2D eigenvalue weighted by atomic mass is 16.1. The van der Waals surface area contributed by atoms with Gasteiger partial charge < -0.3 is 15.6 Å². The summed E-state index contributed by atoms with van der Waals surface area (Å²) in [7, 11) is 0. The summed E-state index contributed by atoms with van der Waals surface area (Å²) in [4.78, 5) is 29.0. The number of pyridine rings is 2. The van der Waals surface area contributed by atoms with Crippen LogP contribution in [0.1, 0.15) is 43.4 Å². The van der Waals surface area contributed by atoms with Gasteiger partial charge in [0.05, 0.1) is 23.3 Å². The Labute approximate surface area is 199 Å². The van der Waals surface area contributed by atoms with E-state index in [2.05, 4.69) is 77.8 Å². The standard InChI is InChI=1S/C25H32N8O/c1-14(2)22-23(18-11-33-25(27-13-28-33)17(5)16(18)4)29-19-6-7-21(30-24(19)22)32-9-8-31(10-15(32)3)12-20(26)34/h6-7,11,13-15,29H,8-10,12H2,1-5H3,(H2,26,34)/t15-/m0/s1. The van der Waals surface area contributed by atoms with Crippen LogP contribution in [0.5, 0.6) is 0 Å². The van der Waals surface area contributed by atoms with Crippen molar-refractivity contribution in [1.29, 1.82) is 0 Å². The Balaban J connectivity index is 1.58. The molecule has 1 aliphatic rings. The van der Waals surface area contributed by atoms with Crippen LogP contribution >= 0.6 is 0 Å². The van der Waals surface area contributed by atoms with Gasteiger partial charge >= 0.3 is 0 Å². The third kappa shape index (κ3) is 3.69. The van der Waals surface area contributed by atoms with Crippen molar-refractivity contribution in [3.8, 4) is 11.3 Å². The van der Waals surface area contributed by atoms with Crippen molar-refractivity contribution in [3.05, 3.63) is 41.3 Å². The maximum absolute atomic E-state index is 11.3. The normalized spacial score (nSPS) is 17.4. The molecule has 178 valence electrons. The van der Waals surface area contributed by atoms with Crippen LogP contribution < -0.4 is 10.6 Å². The first-order valence-electron chi connectivity index (χ1n) is 11.8. The number of primary amides is 1. The molecule has 1 aliphatic heterocycles. The summed E-state index contributed by atoms with van der Waals surface area (Å²) >= 11 is 0. The molecule has 0 aromatic carbocycles. The number of nitrogens with two attached hydrogens (primary N) is 1. The number of nitrogens with one attached hydrogen (secondary N) is 1. The first kappa shape index (κ1) is 22.3. The van der Waals surface area contributed by atoms with Crippen LogP contribution in [0, 0.1) is 13.8 Å². The number of H-pyrrole nitrogens is 1. The third-order valence-corrected chi connectivity index (χ3v) is 7.02. The summed E-state index contributed by atoms with van der Waals surface area (Å²) in [5, 5.41) is 4.38. The smallest absolute Gasteiger partial charge is 0.231 e. The van der Waals surface area contributed by atoms with Crippen molar-refractivity contribution >= 4 is 28.4 Å². The number of piperazine rings is 1. The average molecular weight is 461 g/mol. The molecule has 0 aliphatic carbocycles. The lowest BCUT2D eigenvalue weighted by atomic mass is 9.95. The van der Waals surface area contributed by atoms with E-state index >= 15 is 0 Å². The maximum atomic E-state index is 11.3. The molecule has 5 rings (SSSR count). The zero-order valence-corrected chi connectivity index (χ0v) is 20.5. The Morgan fingerprint density at radius 3 is 2.74 bits per heavy atom. The van der Waals surface area contributed by atoms with Gasteiger partial charge in [0.25, 0.3) is 0 Å². The fraction of sp³-hybridized carbons (Fsp3) is 0.440. The number of nitrogens with zero attached hydrogens (tertiary/aromatic N) is 6. The van der Waals surface area contributed by atoms with E-state index in [0.717, 1.165) is 59.0 Å². The van der Waals surface area contributed by atoms with Gasteiger partial charge in [0.15, 0.2) is 5.65 Å². The molecule has 4 aromatic rings. The first-order chi connectivity index (χ1) is 16.2. The molecule has 0 bridgehead atoms. The van der Waals surface area contributed by atoms with Gasteiger partial charge in [-0.3, -0.25) is 9.69 Å². The molecule has 3 N–H and O–H groups in total. The summed E-state index contributed by atoms with van der Waals surface area (Å²) in [5.41, 5.74) is 14.0. The number of carbonyl (C=O) groups is 1. The minimum atomic E-state index is -0.281. The van der Waals surface area contributed by atoms with Crippen molar-refractivity contribution in [2.24, 2.45) is 5.73 Å². The van der Waals surface area contributed by atoms with E-state index < -0.39 is 0 Å². The topological polar surface area (TPSA) is 108 Å². The second-order valence-electron chi connectivity index (χ2n) is 9.70. The van der Waals surface area contributed by atoms with Crippen LogP contribution in [0.3, 0.4) is 0 Å². The number of amides is 1. The number of fused-ring (bicyclic) bond motifs is 2. The number of carbonyl (C=O) groups excluding carboxylic acids is 1. The van der Waals surface area contributed by atoms with Gasteiger partial charge in [0, 0.05) is 43.0 Å². The van der Waals surface area contributed by atoms with E-state index in [1.165, 1.54) is 11.1 Å². The zero-order valence-electron chi connectivity index (χ0n) is 20.5. The molecule has 5 heterocycles. The van der Waals surface area contributed by atoms with Crippen molar-refractivity contribution in [2.75, 3.05) is 31.1 Å². The molecule has 1 amide bonds. The number of hydrogen-bond donors (Lipinski definition) is 2. The van der Waals surface area contributed by atoms with E-state index in [0.29, 0.717) is 6.54 Å². The highest BCUT2D eigenvalue weighted by Gasteiger charge is 2.27. The third-order valence-electron chi connectivity index (χ3n) is 7.02. The number of hydrogen-bond acceptors (Lipinski definition) is 6. The van der Waals surface area contributed by atoms with Crippen LogP contribution in [0.2, 0.25) is 0 Å². The van der Waals surface area contributed by atoms with Crippen LogP contribution in [-0.4, -0.2) is 67.6 Å². The Morgan fingerprint density at radius 1 is 1.24 bits per heavy atom. The lowest BCUT2D eigenvalue weighted by Crippen LogP contribution is -2.53. The molecular formula is C25H32N8O. The summed E-state index contributed by atoms with van der Waals surface area (Å²) < 4.78 is 1.85. The molecule has 0 unspecified atom stereocenters. The second-order valence-corrected chi connectivity index (χ2v) is 9.70. The highest BCUT2D eigenvalue weighted by Crippen LogP contribution is 2.38. The van der Waals surface area contributed by atoms with Crippen molar-refractivity contribution < 1.29 is 4.79 Å². The van der Waals surface area contributed by atoms with Gasteiger partial charge in [-0.05, 0) is 49.9 Å². The molecule has 1 fully saturated rings. The Bertz CT molecular complexity index is 1380. The number of aromatic amines is 1. The van der Waals surface area contributed by atoms with Crippen molar-refractivity contribution in [1.82, 2.24) is 29.5 Å². The average Bonchev–Trinajstić information content (AvgIpc) is 3.40. The Hall–Kier alpha value is -3.46. The second kappa shape index (κ2) is 8.39. The quantitative estimate of drug-likeness (QED) is 0.474. The predicted octanol–water partition coefficient (Wildman–Crippen LogP) is 3.01. The minimum absolute atomic E-state index is 0.235. The highest BCUT2D eigenvalue weighted by molar-refractivity contribution is 5.90. The number of aromatic nitrogens is 5. The molecule has 0 radical (unpaired) electrons. The number of rotatable bonds is 5. The first-order valence-corrected chi connectivity index (χ1v) is 11.8. The molecule has 9 nitrogen and oxygen atoms in total. The van der Waals surface area contributed by atoms with E-state index in [-0.39, 0.29) is 17.9 Å². The summed E-state index contributed by atoms with van der Waals surface area (Å²) in [6.45, 7) is 13.5. The van der Waals surface area contributed by atoms with Gasteiger partial charge in [0.2, 0.25) is 5.91 Å². The van der Waals surface area contributed by atoms with Gasteiger partial charge in [-0.25, -0.2) is 14.5 Å². The van der Waals surface area contributed by atoms with Gasteiger partial charge in [0.1, 0.15) is 12.1 Å². The van der Waals surface area contributed by atoms with Crippen molar-refractivity contribution in [2.45, 2.75) is 46.6 Å². The molecule has 1 saturated heterocycles. The molecule has 1 atom stereocenters. The van der Waals surface area contributed by atoms with Gasteiger partial charge in [-0.15, -0.1) is 0 Å². The lowest BCUT2D eigenvalue weighted by Gasteiger charge is -2.40. The Morgan fingerprint density at radius 2 is 2.03 bits per heavy atom. The number of anilines is 1. The molecule has 0 saturated carbocycles. The summed E-state index contributed by atoms with van der Waals surface area (Å²) in [5.74, 6) is 0.963. The fourth-order valence-electron chi connectivity index (χ4n) is 5.20. The monoisotopic (exact) mass is 460 g/mol. The molecule has 4 aromatic heterocycles. The fourth-order valence-corrected chi connectivity index (χ4v) is 5.20. The predicted molar refractivity (Wildman–Crippen MR) is 134 cm³/mol. The maximum Gasteiger partial charge on any atom is 0.231 e. The molecule has 34 heavy (non-hydrogen) atoms. The lowest BCUT2D eigenvalue weighted by molar-refractivity contribution is -0.119. The van der Waals surface area contributed by atoms with Crippen molar-refractivity contribution in [3.63, 3.8) is 0 Å².